The molecule has 3 nitrogen and oxygen atoms in total. The lowest BCUT2D eigenvalue weighted by Gasteiger charge is -1.89. The maximum Gasteiger partial charge on any atom is 0.0923 e. The number of aromatic amines is 1. The van der Waals surface area contributed by atoms with Crippen LogP contribution in [0.15, 0.2) is 12.5 Å². The number of aromatic nitrogens is 2. The van der Waals surface area contributed by atoms with E-state index in [1.807, 2.05) is 6.20 Å². The van der Waals surface area contributed by atoms with Crippen molar-refractivity contribution in [3.63, 3.8) is 0 Å². The zero-order valence-corrected chi connectivity index (χ0v) is 6.90. The van der Waals surface area contributed by atoms with Gasteiger partial charge in [0.25, 0.3) is 0 Å². The lowest BCUT2D eigenvalue weighted by atomic mass is 10.2. The Morgan fingerprint density at radius 3 is 2.92 bits per heavy atom. The van der Waals surface area contributed by atoms with Gasteiger partial charge in [0.1, 0.15) is 0 Å². The van der Waals surface area contributed by atoms with E-state index in [2.05, 4.69) is 9.97 Å². The van der Waals surface area contributed by atoms with Crippen molar-refractivity contribution in [1.82, 2.24) is 9.97 Å². The molecule has 3 rings (SSSR count). The van der Waals surface area contributed by atoms with Crippen LogP contribution >= 0.6 is 0 Å². The van der Waals surface area contributed by atoms with Crippen LogP contribution in [-0.4, -0.2) is 16.0 Å². The Bertz CT molecular complexity index is 276. The normalized spacial score (nSPS) is 39.9. The van der Waals surface area contributed by atoms with Gasteiger partial charge in [0.05, 0.1) is 12.0 Å². The van der Waals surface area contributed by atoms with E-state index in [9.17, 15) is 0 Å². The number of nitrogens with zero attached hydrogens (tertiary/aromatic N) is 1. The number of hydrogen-bond donors (Lipinski definition) is 2. The highest BCUT2D eigenvalue weighted by atomic mass is 14.9. The van der Waals surface area contributed by atoms with E-state index in [0.717, 1.165) is 11.8 Å². The smallest absolute Gasteiger partial charge is 0.0923 e. The van der Waals surface area contributed by atoms with Crippen LogP contribution in [0.3, 0.4) is 0 Å². The minimum absolute atomic E-state index is 0.390. The molecular formula is C9H13N3. The highest BCUT2D eigenvalue weighted by Crippen LogP contribution is 2.57. The van der Waals surface area contributed by atoms with E-state index >= 15 is 0 Å². The summed E-state index contributed by atoms with van der Waals surface area (Å²) in [5.41, 5.74) is 7.16. The van der Waals surface area contributed by atoms with Gasteiger partial charge in [-0.3, -0.25) is 0 Å². The standard InChI is InChI=1S/C9H13N3/c10-9-7(5-1-2-5)8(9)6-3-11-4-12-6/h3-5,7-9H,1-2,10H2,(H,11,12)/t7-,8-,9?/m1/s1. The molecule has 1 aromatic rings. The summed E-state index contributed by atoms with van der Waals surface area (Å²) in [6.07, 6.45) is 6.50. The first-order valence-corrected chi connectivity index (χ1v) is 4.62. The second-order valence-electron chi connectivity index (χ2n) is 4.01. The zero-order chi connectivity index (χ0) is 8.13. The molecular weight excluding hydrogens is 150 g/mol. The summed E-state index contributed by atoms with van der Waals surface area (Å²) in [4.78, 5) is 7.24. The molecule has 0 spiro atoms. The number of rotatable bonds is 2. The summed E-state index contributed by atoms with van der Waals surface area (Å²) in [7, 11) is 0. The van der Waals surface area contributed by atoms with E-state index in [-0.39, 0.29) is 0 Å². The molecule has 3 heteroatoms. The van der Waals surface area contributed by atoms with Crippen LogP contribution in [-0.2, 0) is 0 Å². The fraction of sp³-hybridized carbons (Fsp3) is 0.667. The molecule has 3 N–H and O–H groups in total. The maximum atomic E-state index is 5.99. The largest absolute Gasteiger partial charge is 0.351 e. The van der Waals surface area contributed by atoms with Crippen molar-refractivity contribution in [1.29, 1.82) is 0 Å². The summed E-state index contributed by atoms with van der Waals surface area (Å²) in [5.74, 6) is 2.22. The summed E-state index contributed by atoms with van der Waals surface area (Å²) >= 11 is 0. The van der Waals surface area contributed by atoms with E-state index in [0.29, 0.717) is 12.0 Å². The highest BCUT2D eigenvalue weighted by Gasteiger charge is 2.56. The quantitative estimate of drug-likeness (QED) is 0.679. The summed E-state index contributed by atoms with van der Waals surface area (Å²) in [6.45, 7) is 0. The van der Waals surface area contributed by atoms with Gasteiger partial charge >= 0.3 is 0 Å². The minimum atomic E-state index is 0.390. The summed E-state index contributed by atoms with van der Waals surface area (Å²) < 4.78 is 0. The summed E-state index contributed by atoms with van der Waals surface area (Å²) in [6, 6.07) is 0.390. The van der Waals surface area contributed by atoms with Gasteiger partial charge in [-0.2, -0.15) is 0 Å². The molecule has 3 atom stereocenters. The molecule has 2 fully saturated rings. The van der Waals surface area contributed by atoms with Crippen LogP contribution in [0.1, 0.15) is 24.5 Å². The molecule has 2 aliphatic rings. The molecule has 0 bridgehead atoms. The second kappa shape index (κ2) is 2.10. The van der Waals surface area contributed by atoms with Gasteiger partial charge in [0, 0.05) is 18.2 Å². The van der Waals surface area contributed by atoms with Crippen molar-refractivity contribution >= 4 is 0 Å². The number of H-pyrrole nitrogens is 1. The van der Waals surface area contributed by atoms with Gasteiger partial charge < -0.3 is 10.7 Å². The van der Waals surface area contributed by atoms with Crippen molar-refractivity contribution in [2.75, 3.05) is 0 Å². The topological polar surface area (TPSA) is 54.7 Å². The molecule has 0 aliphatic heterocycles. The first-order valence-electron chi connectivity index (χ1n) is 4.62. The van der Waals surface area contributed by atoms with Crippen molar-refractivity contribution in [2.45, 2.75) is 24.8 Å². The van der Waals surface area contributed by atoms with E-state index in [1.54, 1.807) is 6.33 Å². The fourth-order valence-corrected chi connectivity index (χ4v) is 2.30. The van der Waals surface area contributed by atoms with Gasteiger partial charge in [-0.1, -0.05) is 0 Å². The molecule has 1 heterocycles. The molecule has 1 aromatic heterocycles. The molecule has 12 heavy (non-hydrogen) atoms. The van der Waals surface area contributed by atoms with Crippen LogP contribution in [0.2, 0.25) is 0 Å². The average Bonchev–Trinajstić information content (AvgIpc) is 2.93. The molecule has 64 valence electrons. The first-order chi connectivity index (χ1) is 5.88. The molecule has 0 saturated heterocycles. The molecule has 1 unspecified atom stereocenters. The SMILES string of the molecule is NC1[C@H](C2CC2)[C@H]1c1c[nH]cn1. The van der Waals surface area contributed by atoms with Crippen LogP contribution < -0.4 is 5.73 Å². The maximum absolute atomic E-state index is 5.99. The minimum Gasteiger partial charge on any atom is -0.351 e. The van der Waals surface area contributed by atoms with Crippen LogP contribution in [0.5, 0.6) is 0 Å². The molecule has 2 aliphatic carbocycles. The van der Waals surface area contributed by atoms with Gasteiger partial charge in [-0.05, 0) is 24.7 Å². The monoisotopic (exact) mass is 163 g/mol. The third-order valence-electron chi connectivity index (χ3n) is 3.16. The van der Waals surface area contributed by atoms with Gasteiger partial charge in [0.2, 0.25) is 0 Å². The first kappa shape index (κ1) is 6.66. The lowest BCUT2D eigenvalue weighted by molar-refractivity contribution is 0.668. The molecule has 2 saturated carbocycles. The van der Waals surface area contributed by atoms with Crippen molar-refractivity contribution in [3.05, 3.63) is 18.2 Å². The number of imidazole rings is 1. The lowest BCUT2D eigenvalue weighted by Crippen LogP contribution is -2.03. The number of nitrogens with one attached hydrogen (secondary N) is 1. The molecule has 0 amide bonds. The Labute approximate surface area is 71.4 Å². The van der Waals surface area contributed by atoms with Gasteiger partial charge in [0.15, 0.2) is 0 Å². The zero-order valence-electron chi connectivity index (χ0n) is 6.90. The Balaban J connectivity index is 1.79. The average molecular weight is 163 g/mol. The fourth-order valence-electron chi connectivity index (χ4n) is 2.30. The van der Waals surface area contributed by atoms with Crippen LogP contribution in [0, 0.1) is 11.8 Å². The number of hydrogen-bond acceptors (Lipinski definition) is 2. The van der Waals surface area contributed by atoms with Gasteiger partial charge in [-0.15, -0.1) is 0 Å². The van der Waals surface area contributed by atoms with Crippen LogP contribution in [0.4, 0.5) is 0 Å². The molecule has 0 radical (unpaired) electrons. The van der Waals surface area contributed by atoms with Crippen molar-refractivity contribution in [3.8, 4) is 0 Å². The predicted molar refractivity (Wildman–Crippen MR) is 45.5 cm³/mol. The Morgan fingerprint density at radius 2 is 2.33 bits per heavy atom. The van der Waals surface area contributed by atoms with Gasteiger partial charge in [-0.25, -0.2) is 4.98 Å². The predicted octanol–water partition coefficient (Wildman–Crippen LogP) is 0.860. The van der Waals surface area contributed by atoms with Crippen molar-refractivity contribution < 1.29 is 0 Å². The van der Waals surface area contributed by atoms with E-state index in [1.165, 1.54) is 18.5 Å². The second-order valence-corrected chi connectivity index (χ2v) is 4.01. The van der Waals surface area contributed by atoms with E-state index in [4.69, 9.17) is 5.73 Å². The third kappa shape index (κ3) is 0.829. The van der Waals surface area contributed by atoms with Crippen molar-refractivity contribution in [2.24, 2.45) is 17.6 Å². The Morgan fingerprint density at radius 1 is 1.50 bits per heavy atom. The third-order valence-corrected chi connectivity index (χ3v) is 3.16. The van der Waals surface area contributed by atoms with E-state index < -0.39 is 0 Å². The highest BCUT2D eigenvalue weighted by molar-refractivity contribution is 5.24. The molecule has 0 aromatic carbocycles. The number of nitrogens with two attached hydrogens (primary N) is 1. The van der Waals surface area contributed by atoms with Crippen LogP contribution in [0.25, 0.3) is 0 Å². The Hall–Kier alpha value is -0.830. The summed E-state index contributed by atoms with van der Waals surface area (Å²) in [5, 5.41) is 0. The Kier molecular flexibility index (Phi) is 1.17.